The molecule has 10 heteroatoms. The Balaban J connectivity index is 1.68. The number of aromatic nitrogens is 1. The molecule has 3 aromatic rings. The van der Waals surface area contributed by atoms with Crippen LogP contribution in [0.1, 0.15) is 34.8 Å². The van der Waals surface area contributed by atoms with Crippen LogP contribution in [0.15, 0.2) is 28.7 Å². The number of carbonyl (C=O) groups is 2. The van der Waals surface area contributed by atoms with E-state index < -0.39 is 5.97 Å². The van der Waals surface area contributed by atoms with Gasteiger partial charge in [-0.05, 0) is 31.5 Å². The highest BCUT2D eigenvalue weighted by Gasteiger charge is 2.17. The molecule has 1 aromatic carbocycles. The molecule has 0 aliphatic heterocycles. The molecular weight excluding hydrogens is 412 g/mol. The van der Waals surface area contributed by atoms with E-state index in [1.807, 2.05) is 18.2 Å². The van der Waals surface area contributed by atoms with Crippen LogP contribution >= 0.6 is 22.7 Å². The predicted octanol–water partition coefficient (Wildman–Crippen LogP) is 3.67. The Morgan fingerprint density at radius 1 is 1.28 bits per heavy atom. The summed E-state index contributed by atoms with van der Waals surface area (Å²) in [7, 11) is 0. The molecule has 0 atom stereocenters. The number of hydrazone groups is 1. The number of nitrogens with zero attached hydrogens (tertiary/aromatic N) is 2. The predicted molar refractivity (Wildman–Crippen MR) is 116 cm³/mol. The molecule has 0 aliphatic rings. The fraction of sp³-hybridized carbons (Fsp3) is 0.263. The first-order chi connectivity index (χ1) is 14.0. The number of hydrogen-bond acceptors (Lipinski definition) is 10. The summed E-state index contributed by atoms with van der Waals surface area (Å²) in [6, 6.07) is 5.64. The van der Waals surface area contributed by atoms with E-state index in [9.17, 15) is 9.59 Å². The molecule has 0 unspecified atom stereocenters. The van der Waals surface area contributed by atoms with E-state index in [4.69, 9.17) is 15.2 Å². The van der Waals surface area contributed by atoms with Gasteiger partial charge in [0.05, 0.1) is 37.2 Å². The first kappa shape index (κ1) is 20.7. The molecule has 0 saturated carbocycles. The van der Waals surface area contributed by atoms with Crippen molar-refractivity contribution >= 4 is 61.7 Å². The van der Waals surface area contributed by atoms with E-state index in [0.29, 0.717) is 34.6 Å². The van der Waals surface area contributed by atoms with Crippen LogP contribution in [-0.4, -0.2) is 36.4 Å². The van der Waals surface area contributed by atoms with Gasteiger partial charge in [0.1, 0.15) is 4.88 Å². The van der Waals surface area contributed by atoms with Crippen LogP contribution in [0, 0.1) is 0 Å². The monoisotopic (exact) mass is 432 g/mol. The Morgan fingerprint density at radius 3 is 2.83 bits per heavy atom. The third-order valence-electron chi connectivity index (χ3n) is 3.77. The minimum Gasteiger partial charge on any atom is -0.466 e. The highest BCUT2D eigenvalue weighted by Crippen LogP contribution is 2.34. The molecule has 0 amide bonds. The number of nitrogens with two attached hydrogens (primary N) is 1. The summed E-state index contributed by atoms with van der Waals surface area (Å²) in [5.41, 5.74) is 10.8. The molecule has 0 fully saturated rings. The second-order valence-electron chi connectivity index (χ2n) is 5.82. The number of nitrogens with one attached hydrogen (secondary N) is 1. The number of anilines is 2. The van der Waals surface area contributed by atoms with Crippen LogP contribution in [0.25, 0.3) is 10.1 Å². The molecule has 0 spiro atoms. The SMILES string of the molecule is CCOC(=O)Cc1csc(NN=Cc2ccc3sc(C(=O)OCC)c(N)c3c2)n1. The van der Waals surface area contributed by atoms with Crippen molar-refractivity contribution in [3.05, 3.63) is 39.7 Å². The Hall–Kier alpha value is -2.98. The van der Waals surface area contributed by atoms with Gasteiger partial charge >= 0.3 is 11.9 Å². The van der Waals surface area contributed by atoms with Gasteiger partial charge in [0.15, 0.2) is 0 Å². The van der Waals surface area contributed by atoms with Gasteiger partial charge in [0, 0.05) is 15.5 Å². The van der Waals surface area contributed by atoms with E-state index >= 15 is 0 Å². The van der Waals surface area contributed by atoms with Crippen molar-refractivity contribution in [3.63, 3.8) is 0 Å². The van der Waals surface area contributed by atoms with Crippen LogP contribution in [-0.2, 0) is 20.7 Å². The summed E-state index contributed by atoms with van der Waals surface area (Å²) in [6.45, 7) is 4.16. The lowest BCUT2D eigenvalue weighted by atomic mass is 10.1. The lowest BCUT2D eigenvalue weighted by Crippen LogP contribution is -2.07. The van der Waals surface area contributed by atoms with Crippen molar-refractivity contribution in [3.8, 4) is 0 Å². The number of benzene rings is 1. The molecule has 0 bridgehead atoms. The molecule has 8 nitrogen and oxygen atoms in total. The molecule has 2 heterocycles. The summed E-state index contributed by atoms with van der Waals surface area (Å²) >= 11 is 2.65. The largest absolute Gasteiger partial charge is 0.466 e. The Bertz CT molecular complexity index is 1060. The van der Waals surface area contributed by atoms with Gasteiger partial charge < -0.3 is 15.2 Å². The summed E-state index contributed by atoms with van der Waals surface area (Å²) in [5, 5.41) is 7.31. The number of carbonyl (C=O) groups excluding carboxylic acids is 2. The number of fused-ring (bicyclic) bond motifs is 1. The zero-order valence-corrected chi connectivity index (χ0v) is 17.6. The maximum atomic E-state index is 12.0. The smallest absolute Gasteiger partial charge is 0.350 e. The van der Waals surface area contributed by atoms with Crippen LogP contribution in [0.5, 0.6) is 0 Å². The molecule has 0 saturated heterocycles. The average molecular weight is 433 g/mol. The highest BCUT2D eigenvalue weighted by atomic mass is 32.1. The molecule has 3 N–H and O–H groups in total. The van der Waals surface area contributed by atoms with E-state index in [1.165, 1.54) is 22.7 Å². The van der Waals surface area contributed by atoms with Crippen LogP contribution in [0.4, 0.5) is 10.8 Å². The van der Waals surface area contributed by atoms with E-state index in [2.05, 4.69) is 15.5 Å². The Labute approximate surface area is 175 Å². The summed E-state index contributed by atoms with van der Waals surface area (Å²) in [6.07, 6.45) is 1.76. The van der Waals surface area contributed by atoms with Crippen molar-refractivity contribution in [1.29, 1.82) is 0 Å². The van der Waals surface area contributed by atoms with Crippen molar-refractivity contribution in [2.45, 2.75) is 20.3 Å². The second-order valence-corrected chi connectivity index (χ2v) is 7.73. The molecule has 29 heavy (non-hydrogen) atoms. The fourth-order valence-corrected chi connectivity index (χ4v) is 4.18. The van der Waals surface area contributed by atoms with Crippen molar-refractivity contribution in [2.75, 3.05) is 24.4 Å². The van der Waals surface area contributed by atoms with E-state index in [0.717, 1.165) is 15.6 Å². The fourth-order valence-electron chi connectivity index (χ4n) is 2.52. The number of hydrogen-bond donors (Lipinski definition) is 2. The quantitative estimate of drug-likeness (QED) is 0.317. The van der Waals surface area contributed by atoms with E-state index in [-0.39, 0.29) is 12.4 Å². The van der Waals surface area contributed by atoms with Gasteiger partial charge in [0.2, 0.25) is 5.13 Å². The maximum absolute atomic E-state index is 12.0. The van der Waals surface area contributed by atoms with Crippen LogP contribution < -0.4 is 11.2 Å². The van der Waals surface area contributed by atoms with Crippen molar-refractivity contribution in [2.24, 2.45) is 5.10 Å². The number of thiophene rings is 1. The first-order valence-corrected chi connectivity index (χ1v) is 10.6. The molecule has 2 aromatic heterocycles. The second kappa shape index (κ2) is 9.48. The van der Waals surface area contributed by atoms with Gasteiger partial charge in [0.25, 0.3) is 0 Å². The van der Waals surface area contributed by atoms with Crippen molar-refractivity contribution in [1.82, 2.24) is 4.98 Å². The van der Waals surface area contributed by atoms with Gasteiger partial charge in [-0.1, -0.05) is 6.07 Å². The van der Waals surface area contributed by atoms with Gasteiger partial charge in [-0.2, -0.15) is 5.10 Å². The molecule has 0 radical (unpaired) electrons. The highest BCUT2D eigenvalue weighted by molar-refractivity contribution is 7.21. The number of esters is 2. The van der Waals surface area contributed by atoms with Gasteiger partial charge in [-0.25, -0.2) is 9.78 Å². The zero-order chi connectivity index (χ0) is 20.8. The van der Waals surface area contributed by atoms with Gasteiger partial charge in [-0.3, -0.25) is 10.2 Å². The lowest BCUT2D eigenvalue weighted by molar-refractivity contribution is -0.142. The standard InChI is InChI=1S/C19H20N4O4S2/c1-3-26-15(24)8-12-10-28-19(22-12)23-21-9-11-5-6-14-13(7-11)16(20)17(29-14)18(25)27-4-2/h5-7,9-10H,3-4,8,20H2,1-2H3,(H,22,23). The minimum absolute atomic E-state index is 0.132. The summed E-state index contributed by atoms with van der Waals surface area (Å²) in [5.74, 6) is -0.720. The number of thiazole rings is 1. The third kappa shape index (κ3) is 5.09. The molecular formula is C19H20N4O4S2. The first-order valence-electron chi connectivity index (χ1n) is 8.90. The molecule has 3 rings (SSSR count). The molecule has 152 valence electrons. The van der Waals surface area contributed by atoms with Crippen LogP contribution in [0.3, 0.4) is 0 Å². The zero-order valence-electron chi connectivity index (χ0n) is 15.9. The van der Waals surface area contributed by atoms with Crippen molar-refractivity contribution < 1.29 is 19.1 Å². The number of nitrogen functional groups attached to an aromatic ring is 1. The van der Waals surface area contributed by atoms with Crippen LogP contribution in [0.2, 0.25) is 0 Å². The van der Waals surface area contributed by atoms with E-state index in [1.54, 1.807) is 25.4 Å². The summed E-state index contributed by atoms with van der Waals surface area (Å²) in [4.78, 5) is 28.2. The van der Waals surface area contributed by atoms with Gasteiger partial charge in [-0.15, -0.1) is 22.7 Å². The normalized spacial score (nSPS) is 11.1. The molecule has 0 aliphatic carbocycles. The lowest BCUT2D eigenvalue weighted by Gasteiger charge is -1.99. The Morgan fingerprint density at radius 2 is 2.07 bits per heavy atom. The number of ether oxygens (including phenoxy) is 2. The topological polar surface area (TPSA) is 116 Å². The summed E-state index contributed by atoms with van der Waals surface area (Å²) < 4.78 is 10.9. The third-order valence-corrected chi connectivity index (χ3v) is 5.73. The maximum Gasteiger partial charge on any atom is 0.350 e. The number of rotatable bonds is 8. The minimum atomic E-state index is -0.412. The Kier molecular flexibility index (Phi) is 6.78. The average Bonchev–Trinajstić information content (AvgIpc) is 3.26.